The Hall–Kier alpha value is -0.630. The quantitative estimate of drug-likeness (QED) is 0.625. The van der Waals surface area contributed by atoms with Crippen molar-refractivity contribution in [2.45, 2.75) is 89.6 Å². The standard InChI is InChI=1S/C24H34O2/c1-2-23-9-6-17-18-5-4-16(25)14-21(18)22(11-12-22)15-19(17)20(23)7-10-24(23)8-3-13-26-24/h14,17-20H,2-13,15H2,1H3/t17?,18-,19?,20?,23+,24+/m1/s1. The van der Waals surface area contributed by atoms with Crippen molar-refractivity contribution in [3.05, 3.63) is 11.6 Å². The van der Waals surface area contributed by atoms with Gasteiger partial charge in [-0.25, -0.2) is 0 Å². The van der Waals surface area contributed by atoms with Gasteiger partial charge in [-0.2, -0.15) is 0 Å². The summed E-state index contributed by atoms with van der Waals surface area (Å²) in [5.74, 6) is 3.82. The molecule has 0 bridgehead atoms. The Kier molecular flexibility index (Phi) is 3.30. The molecule has 5 fully saturated rings. The molecule has 0 aromatic carbocycles. The van der Waals surface area contributed by atoms with Crippen LogP contribution in [0.25, 0.3) is 0 Å². The Morgan fingerprint density at radius 2 is 1.96 bits per heavy atom. The molecule has 4 saturated carbocycles. The summed E-state index contributed by atoms with van der Waals surface area (Å²) in [6.07, 6.45) is 17.7. The molecule has 6 aliphatic rings. The highest BCUT2D eigenvalue weighted by atomic mass is 16.5. The van der Waals surface area contributed by atoms with Gasteiger partial charge in [0.1, 0.15) is 0 Å². The van der Waals surface area contributed by atoms with E-state index in [0.29, 0.717) is 16.6 Å². The van der Waals surface area contributed by atoms with Gasteiger partial charge in [0.25, 0.3) is 0 Å². The molecule has 0 amide bonds. The highest BCUT2D eigenvalue weighted by Crippen LogP contribution is 2.73. The van der Waals surface area contributed by atoms with Crippen LogP contribution in [-0.2, 0) is 9.53 Å². The number of hydrogen-bond acceptors (Lipinski definition) is 2. The van der Waals surface area contributed by atoms with Crippen LogP contribution < -0.4 is 0 Å². The van der Waals surface area contributed by atoms with E-state index < -0.39 is 0 Å². The summed E-state index contributed by atoms with van der Waals surface area (Å²) in [5, 5.41) is 0. The molecule has 142 valence electrons. The van der Waals surface area contributed by atoms with Crippen LogP contribution in [0.1, 0.15) is 84.0 Å². The van der Waals surface area contributed by atoms with E-state index in [4.69, 9.17) is 4.74 Å². The second kappa shape index (κ2) is 5.25. The third kappa shape index (κ3) is 1.86. The predicted octanol–water partition coefficient (Wildman–Crippen LogP) is 5.46. The maximum atomic E-state index is 12.2. The third-order valence-electron chi connectivity index (χ3n) is 10.2. The average Bonchev–Trinajstić information content (AvgIpc) is 3.13. The van der Waals surface area contributed by atoms with Crippen molar-refractivity contribution in [3.63, 3.8) is 0 Å². The summed E-state index contributed by atoms with van der Waals surface area (Å²) >= 11 is 0. The highest BCUT2D eigenvalue weighted by molar-refractivity contribution is 5.91. The van der Waals surface area contributed by atoms with Crippen LogP contribution >= 0.6 is 0 Å². The van der Waals surface area contributed by atoms with Gasteiger partial charge in [0, 0.05) is 18.4 Å². The molecule has 0 radical (unpaired) electrons. The van der Waals surface area contributed by atoms with E-state index in [2.05, 4.69) is 13.0 Å². The average molecular weight is 355 g/mol. The minimum Gasteiger partial charge on any atom is -0.374 e. The summed E-state index contributed by atoms with van der Waals surface area (Å²) in [6, 6.07) is 0. The molecule has 5 aliphatic carbocycles. The topological polar surface area (TPSA) is 26.3 Å². The van der Waals surface area contributed by atoms with Gasteiger partial charge >= 0.3 is 0 Å². The largest absolute Gasteiger partial charge is 0.374 e. The van der Waals surface area contributed by atoms with Gasteiger partial charge in [0.15, 0.2) is 5.78 Å². The van der Waals surface area contributed by atoms with Crippen LogP contribution in [0.5, 0.6) is 0 Å². The monoisotopic (exact) mass is 354 g/mol. The van der Waals surface area contributed by atoms with Crippen molar-refractivity contribution in [2.24, 2.45) is 34.5 Å². The fourth-order valence-corrected chi connectivity index (χ4v) is 9.08. The summed E-state index contributed by atoms with van der Waals surface area (Å²) in [4.78, 5) is 12.2. The first kappa shape index (κ1) is 16.3. The number of carbonyl (C=O) groups excluding carboxylic acids is 1. The van der Waals surface area contributed by atoms with Gasteiger partial charge in [0.05, 0.1) is 5.60 Å². The molecule has 1 heterocycles. The summed E-state index contributed by atoms with van der Waals surface area (Å²) in [6.45, 7) is 3.46. The zero-order chi connectivity index (χ0) is 17.6. The lowest BCUT2D eigenvalue weighted by Gasteiger charge is -2.58. The normalized spacial score (nSPS) is 51.1. The van der Waals surface area contributed by atoms with Gasteiger partial charge in [-0.05, 0) is 106 Å². The fourth-order valence-electron chi connectivity index (χ4n) is 9.08. The number of ether oxygens (including phenoxy) is 1. The Balaban J connectivity index is 1.40. The maximum Gasteiger partial charge on any atom is 0.155 e. The van der Waals surface area contributed by atoms with Crippen molar-refractivity contribution >= 4 is 5.78 Å². The number of rotatable bonds is 1. The Bertz CT molecular complexity index is 666. The van der Waals surface area contributed by atoms with Gasteiger partial charge < -0.3 is 4.74 Å². The van der Waals surface area contributed by atoms with Crippen molar-refractivity contribution in [2.75, 3.05) is 6.61 Å². The first-order valence-corrected chi connectivity index (χ1v) is 11.5. The minimum absolute atomic E-state index is 0.229. The van der Waals surface area contributed by atoms with E-state index in [1.165, 1.54) is 64.2 Å². The lowest BCUT2D eigenvalue weighted by molar-refractivity contribution is -0.142. The molecule has 2 heteroatoms. The number of fused-ring (bicyclic) bond motifs is 7. The van der Waals surface area contributed by atoms with Crippen LogP contribution in [0.3, 0.4) is 0 Å². The van der Waals surface area contributed by atoms with Crippen LogP contribution in [-0.4, -0.2) is 18.0 Å². The van der Waals surface area contributed by atoms with Crippen molar-refractivity contribution in [3.8, 4) is 0 Å². The van der Waals surface area contributed by atoms with E-state index in [1.54, 1.807) is 5.57 Å². The molecule has 0 N–H and O–H groups in total. The molecule has 26 heavy (non-hydrogen) atoms. The van der Waals surface area contributed by atoms with Crippen molar-refractivity contribution in [1.29, 1.82) is 0 Å². The molecule has 6 rings (SSSR count). The Morgan fingerprint density at radius 3 is 2.69 bits per heavy atom. The van der Waals surface area contributed by atoms with Crippen molar-refractivity contribution < 1.29 is 9.53 Å². The van der Waals surface area contributed by atoms with Gasteiger partial charge in [-0.3, -0.25) is 4.79 Å². The molecule has 1 aliphatic heterocycles. The Labute approximate surface area is 158 Å². The smallest absolute Gasteiger partial charge is 0.155 e. The highest BCUT2D eigenvalue weighted by Gasteiger charge is 2.68. The fraction of sp³-hybridized carbons (Fsp3) is 0.875. The van der Waals surface area contributed by atoms with E-state index in [9.17, 15) is 4.79 Å². The lowest BCUT2D eigenvalue weighted by atomic mass is 9.47. The number of carbonyl (C=O) groups is 1. The molecule has 0 aromatic heterocycles. The lowest BCUT2D eigenvalue weighted by Crippen LogP contribution is -2.54. The molecule has 2 spiro atoms. The molecule has 3 unspecified atom stereocenters. The number of hydrogen-bond donors (Lipinski definition) is 0. The molecule has 2 nitrogen and oxygen atoms in total. The maximum absolute atomic E-state index is 12.2. The van der Waals surface area contributed by atoms with Gasteiger partial charge in [0.2, 0.25) is 0 Å². The van der Waals surface area contributed by atoms with E-state index >= 15 is 0 Å². The predicted molar refractivity (Wildman–Crippen MR) is 102 cm³/mol. The molecule has 6 atom stereocenters. The van der Waals surface area contributed by atoms with E-state index in [-0.39, 0.29) is 5.60 Å². The zero-order valence-electron chi connectivity index (χ0n) is 16.4. The molecular formula is C24H34O2. The first-order chi connectivity index (χ1) is 12.6. The van der Waals surface area contributed by atoms with Gasteiger partial charge in [-0.1, -0.05) is 12.5 Å². The van der Waals surface area contributed by atoms with Crippen LogP contribution in [0.4, 0.5) is 0 Å². The molecule has 0 aromatic rings. The third-order valence-corrected chi connectivity index (χ3v) is 10.2. The van der Waals surface area contributed by atoms with E-state index in [1.807, 2.05) is 0 Å². The van der Waals surface area contributed by atoms with Crippen LogP contribution in [0, 0.1) is 34.5 Å². The second-order valence-corrected chi connectivity index (χ2v) is 10.7. The summed E-state index contributed by atoms with van der Waals surface area (Å²) < 4.78 is 6.58. The van der Waals surface area contributed by atoms with E-state index in [0.717, 1.165) is 43.1 Å². The zero-order valence-corrected chi connectivity index (χ0v) is 16.4. The number of ketones is 1. The van der Waals surface area contributed by atoms with Crippen LogP contribution in [0.2, 0.25) is 0 Å². The summed E-state index contributed by atoms with van der Waals surface area (Å²) in [7, 11) is 0. The minimum atomic E-state index is 0.229. The second-order valence-electron chi connectivity index (χ2n) is 10.7. The summed E-state index contributed by atoms with van der Waals surface area (Å²) in [5.41, 5.74) is 2.76. The SMILES string of the molecule is CC[C@]12CCC3C(CC4(CC4)C4=CC(=O)CC[C@@H]43)C1CC[C@@]21CCCO1. The Morgan fingerprint density at radius 1 is 1.08 bits per heavy atom. The first-order valence-electron chi connectivity index (χ1n) is 11.5. The molecule has 1 saturated heterocycles. The number of allylic oxidation sites excluding steroid dienone is 1. The van der Waals surface area contributed by atoms with Crippen LogP contribution in [0.15, 0.2) is 11.6 Å². The van der Waals surface area contributed by atoms with Gasteiger partial charge in [-0.15, -0.1) is 0 Å². The molecular weight excluding hydrogens is 320 g/mol. The van der Waals surface area contributed by atoms with Crippen molar-refractivity contribution in [1.82, 2.24) is 0 Å².